The van der Waals surface area contributed by atoms with Crippen LogP contribution in [0.4, 0.5) is 0 Å². The zero-order chi connectivity index (χ0) is 18.5. The highest BCUT2D eigenvalue weighted by Gasteiger charge is 2.38. The van der Waals surface area contributed by atoms with Crippen molar-refractivity contribution < 1.29 is 19.1 Å². The summed E-state index contributed by atoms with van der Waals surface area (Å²) in [6.45, 7) is 2.02. The standard InChI is InChI=1S/C20H26N2O4/c1-14(15-7-3-2-4-8-15)22-12-16(11-19(22)24)20(25)26-13-18(23)21-17-9-5-6-10-17/h2-4,7-8,14,16-17H,5-6,9-13H2,1H3,(H,21,23)/t14-,16-/m0/s1. The van der Waals surface area contributed by atoms with Crippen molar-refractivity contribution in [2.45, 2.75) is 51.1 Å². The molecule has 2 atom stereocenters. The van der Waals surface area contributed by atoms with E-state index in [-0.39, 0.29) is 36.9 Å². The van der Waals surface area contributed by atoms with Gasteiger partial charge in [-0.15, -0.1) is 0 Å². The zero-order valence-electron chi connectivity index (χ0n) is 15.1. The summed E-state index contributed by atoms with van der Waals surface area (Å²) in [5.41, 5.74) is 1.03. The molecule has 6 heteroatoms. The molecule has 0 spiro atoms. The van der Waals surface area contributed by atoms with E-state index in [1.807, 2.05) is 37.3 Å². The normalized spacial score (nSPS) is 21.7. The number of nitrogens with one attached hydrogen (secondary N) is 1. The van der Waals surface area contributed by atoms with E-state index in [1.165, 1.54) is 0 Å². The molecule has 1 saturated carbocycles. The van der Waals surface area contributed by atoms with Crippen LogP contribution in [0.5, 0.6) is 0 Å². The number of rotatable bonds is 6. The first-order chi connectivity index (χ1) is 12.5. The van der Waals surface area contributed by atoms with Crippen LogP contribution in [-0.4, -0.2) is 41.9 Å². The highest BCUT2D eigenvalue weighted by atomic mass is 16.5. The van der Waals surface area contributed by atoms with E-state index < -0.39 is 11.9 Å². The van der Waals surface area contributed by atoms with Crippen molar-refractivity contribution in [2.24, 2.45) is 5.92 Å². The van der Waals surface area contributed by atoms with Crippen molar-refractivity contribution in [3.05, 3.63) is 35.9 Å². The number of ether oxygens (including phenoxy) is 1. The van der Waals surface area contributed by atoms with Gasteiger partial charge in [-0.3, -0.25) is 14.4 Å². The van der Waals surface area contributed by atoms with Gasteiger partial charge in [0.25, 0.3) is 5.91 Å². The molecule has 1 saturated heterocycles. The fourth-order valence-corrected chi connectivity index (χ4v) is 3.77. The van der Waals surface area contributed by atoms with Crippen LogP contribution in [0.1, 0.15) is 50.6 Å². The van der Waals surface area contributed by atoms with Crippen molar-refractivity contribution >= 4 is 17.8 Å². The lowest BCUT2D eigenvalue weighted by atomic mass is 10.1. The summed E-state index contributed by atoms with van der Waals surface area (Å²) in [7, 11) is 0. The van der Waals surface area contributed by atoms with Gasteiger partial charge in [0.1, 0.15) is 0 Å². The summed E-state index contributed by atoms with van der Waals surface area (Å²) in [5, 5.41) is 2.89. The lowest BCUT2D eigenvalue weighted by Gasteiger charge is -2.25. The van der Waals surface area contributed by atoms with Gasteiger partial charge in [-0.1, -0.05) is 43.2 Å². The summed E-state index contributed by atoms with van der Waals surface area (Å²) in [4.78, 5) is 38.1. The van der Waals surface area contributed by atoms with Crippen molar-refractivity contribution in [2.75, 3.05) is 13.2 Å². The summed E-state index contributed by atoms with van der Waals surface area (Å²) in [6, 6.07) is 9.85. The van der Waals surface area contributed by atoms with Crippen LogP contribution in [0.25, 0.3) is 0 Å². The molecular weight excluding hydrogens is 332 g/mol. The minimum absolute atomic E-state index is 0.0567. The first kappa shape index (κ1) is 18.4. The maximum absolute atomic E-state index is 12.3. The molecule has 1 aromatic rings. The third-order valence-corrected chi connectivity index (χ3v) is 5.31. The topological polar surface area (TPSA) is 75.7 Å². The Hall–Kier alpha value is -2.37. The van der Waals surface area contributed by atoms with Gasteiger partial charge in [-0.05, 0) is 25.3 Å². The smallest absolute Gasteiger partial charge is 0.311 e. The van der Waals surface area contributed by atoms with Gasteiger partial charge in [0.15, 0.2) is 6.61 Å². The van der Waals surface area contributed by atoms with E-state index in [1.54, 1.807) is 4.90 Å². The molecule has 140 valence electrons. The van der Waals surface area contributed by atoms with E-state index >= 15 is 0 Å². The fraction of sp³-hybridized carbons (Fsp3) is 0.550. The Bertz CT molecular complexity index is 655. The highest BCUT2D eigenvalue weighted by molar-refractivity contribution is 5.88. The number of nitrogens with zero attached hydrogens (tertiary/aromatic N) is 1. The van der Waals surface area contributed by atoms with Crippen molar-refractivity contribution in [3.8, 4) is 0 Å². The van der Waals surface area contributed by atoms with Crippen LogP contribution in [0.3, 0.4) is 0 Å². The average Bonchev–Trinajstić information content (AvgIpc) is 3.29. The molecule has 3 rings (SSSR count). The predicted octanol–water partition coefficient (Wildman–Crippen LogP) is 2.20. The third-order valence-electron chi connectivity index (χ3n) is 5.31. The van der Waals surface area contributed by atoms with Crippen LogP contribution >= 0.6 is 0 Å². The van der Waals surface area contributed by atoms with Crippen molar-refractivity contribution in [1.29, 1.82) is 0 Å². The Morgan fingerprint density at radius 1 is 1.23 bits per heavy atom. The Morgan fingerprint density at radius 3 is 2.62 bits per heavy atom. The molecule has 1 aromatic carbocycles. The second-order valence-corrected chi connectivity index (χ2v) is 7.19. The number of likely N-dealkylation sites (tertiary alicyclic amines) is 1. The third kappa shape index (κ3) is 4.42. The number of hydrogen-bond acceptors (Lipinski definition) is 4. The van der Waals surface area contributed by atoms with Gasteiger partial charge in [0.2, 0.25) is 5.91 Å². The van der Waals surface area contributed by atoms with Gasteiger partial charge in [0.05, 0.1) is 12.0 Å². The maximum Gasteiger partial charge on any atom is 0.311 e. The van der Waals surface area contributed by atoms with E-state index in [2.05, 4.69) is 5.32 Å². The first-order valence-electron chi connectivity index (χ1n) is 9.35. The number of esters is 1. The molecule has 2 aliphatic rings. The fourth-order valence-electron chi connectivity index (χ4n) is 3.77. The monoisotopic (exact) mass is 358 g/mol. The lowest BCUT2D eigenvalue weighted by molar-refractivity contribution is -0.152. The number of benzene rings is 1. The molecule has 1 N–H and O–H groups in total. The largest absolute Gasteiger partial charge is 0.455 e. The van der Waals surface area contributed by atoms with E-state index in [0.29, 0.717) is 6.54 Å². The summed E-state index contributed by atoms with van der Waals surface area (Å²) in [5.74, 6) is -1.29. The molecule has 0 bridgehead atoms. The molecule has 2 fully saturated rings. The van der Waals surface area contributed by atoms with E-state index in [0.717, 1.165) is 31.2 Å². The number of hydrogen-bond donors (Lipinski definition) is 1. The van der Waals surface area contributed by atoms with Crippen LogP contribution in [0.2, 0.25) is 0 Å². The number of carbonyl (C=O) groups is 3. The second-order valence-electron chi connectivity index (χ2n) is 7.19. The summed E-state index contributed by atoms with van der Waals surface area (Å²) in [6.07, 6.45) is 4.38. The molecule has 0 radical (unpaired) electrons. The molecule has 2 amide bonds. The average molecular weight is 358 g/mol. The zero-order valence-corrected chi connectivity index (χ0v) is 15.1. The van der Waals surface area contributed by atoms with Gasteiger partial charge >= 0.3 is 5.97 Å². The van der Waals surface area contributed by atoms with Crippen LogP contribution in [0, 0.1) is 5.92 Å². The van der Waals surface area contributed by atoms with Crippen LogP contribution < -0.4 is 5.32 Å². The minimum Gasteiger partial charge on any atom is -0.455 e. The van der Waals surface area contributed by atoms with Crippen molar-refractivity contribution in [3.63, 3.8) is 0 Å². The Balaban J connectivity index is 1.48. The molecule has 6 nitrogen and oxygen atoms in total. The maximum atomic E-state index is 12.3. The molecule has 1 aliphatic carbocycles. The molecule has 1 heterocycles. The molecule has 0 aromatic heterocycles. The number of amides is 2. The minimum atomic E-state index is -0.507. The Morgan fingerprint density at radius 2 is 1.92 bits per heavy atom. The summed E-state index contributed by atoms with van der Waals surface area (Å²) >= 11 is 0. The van der Waals surface area contributed by atoms with E-state index in [9.17, 15) is 14.4 Å². The SMILES string of the molecule is C[C@@H](c1ccccc1)N1C[C@@H](C(=O)OCC(=O)NC2CCCC2)CC1=O. The Kier molecular flexibility index (Phi) is 5.91. The quantitative estimate of drug-likeness (QED) is 0.791. The van der Waals surface area contributed by atoms with Gasteiger partial charge in [0, 0.05) is 19.0 Å². The van der Waals surface area contributed by atoms with Crippen molar-refractivity contribution in [1.82, 2.24) is 10.2 Å². The first-order valence-corrected chi connectivity index (χ1v) is 9.35. The van der Waals surface area contributed by atoms with Gasteiger partial charge in [-0.2, -0.15) is 0 Å². The second kappa shape index (κ2) is 8.34. The number of carbonyl (C=O) groups excluding carboxylic acids is 3. The van der Waals surface area contributed by atoms with E-state index in [4.69, 9.17) is 4.74 Å². The Labute approximate surface area is 153 Å². The van der Waals surface area contributed by atoms with Crippen LogP contribution in [0.15, 0.2) is 30.3 Å². The molecule has 26 heavy (non-hydrogen) atoms. The summed E-state index contributed by atoms with van der Waals surface area (Å²) < 4.78 is 5.15. The van der Waals surface area contributed by atoms with Gasteiger partial charge in [-0.25, -0.2) is 0 Å². The highest BCUT2D eigenvalue weighted by Crippen LogP contribution is 2.29. The molecular formula is C20H26N2O4. The van der Waals surface area contributed by atoms with Gasteiger partial charge < -0.3 is 15.0 Å². The van der Waals surface area contributed by atoms with Crippen LogP contribution in [-0.2, 0) is 19.1 Å². The lowest BCUT2D eigenvalue weighted by Crippen LogP contribution is -2.36. The predicted molar refractivity (Wildman–Crippen MR) is 96.0 cm³/mol. The molecule has 0 unspecified atom stereocenters. The molecule has 1 aliphatic heterocycles.